The Morgan fingerprint density at radius 1 is 1.47 bits per heavy atom. The van der Waals surface area contributed by atoms with Gasteiger partial charge in [-0.1, -0.05) is 12.1 Å². The lowest BCUT2D eigenvalue weighted by atomic mass is 9.80. The van der Waals surface area contributed by atoms with Crippen molar-refractivity contribution in [3.8, 4) is 0 Å². The molecule has 19 heavy (non-hydrogen) atoms. The Morgan fingerprint density at radius 2 is 2.16 bits per heavy atom. The van der Waals surface area contributed by atoms with Gasteiger partial charge in [0.15, 0.2) is 0 Å². The lowest BCUT2D eigenvalue weighted by Crippen LogP contribution is -2.41. The highest BCUT2D eigenvalue weighted by Crippen LogP contribution is 2.37. The number of aryl methyl sites for hydroxylation is 1. The maximum Gasteiger partial charge on any atom is 0.248 e. The molecule has 1 aromatic heterocycles. The number of likely N-dealkylation sites (N-methyl/N-ethyl adjacent to an activating group) is 1. The summed E-state index contributed by atoms with van der Waals surface area (Å²) in [5.74, 6) is -2.15. The summed E-state index contributed by atoms with van der Waals surface area (Å²) in [6, 6.07) is 0.220. The molecule has 0 bridgehead atoms. The van der Waals surface area contributed by atoms with E-state index in [0.29, 0.717) is 18.8 Å². The highest BCUT2D eigenvalue weighted by atomic mass is 19.3. The Morgan fingerprint density at radius 3 is 2.68 bits per heavy atom. The lowest BCUT2D eigenvalue weighted by molar-refractivity contribution is -0.0495. The molecule has 108 valence electrons. The van der Waals surface area contributed by atoms with Crippen LogP contribution in [-0.4, -0.2) is 33.5 Å². The molecule has 4 nitrogen and oxygen atoms in total. The third-order valence-corrected chi connectivity index (χ3v) is 3.88. The maximum atomic E-state index is 13.2. The second kappa shape index (κ2) is 5.94. The summed E-state index contributed by atoms with van der Waals surface area (Å²) in [6.07, 6.45) is 3.86. The molecular formula is C13H22F2N4. The van der Waals surface area contributed by atoms with Crippen molar-refractivity contribution in [2.24, 2.45) is 13.0 Å². The summed E-state index contributed by atoms with van der Waals surface area (Å²) in [5.41, 5.74) is 0.922. The second-order valence-electron chi connectivity index (χ2n) is 5.45. The molecule has 0 saturated heterocycles. The SMILES string of the molecule is CCNC(Cc1cn(C)nn1)C1CCC(F)(F)CC1. The molecular weight excluding hydrogens is 250 g/mol. The van der Waals surface area contributed by atoms with Gasteiger partial charge in [0.25, 0.3) is 0 Å². The summed E-state index contributed by atoms with van der Waals surface area (Å²) in [4.78, 5) is 0. The number of hydrogen-bond donors (Lipinski definition) is 1. The van der Waals surface area contributed by atoms with Crippen LogP contribution >= 0.6 is 0 Å². The van der Waals surface area contributed by atoms with E-state index in [0.717, 1.165) is 18.7 Å². The number of nitrogens with one attached hydrogen (secondary N) is 1. The minimum Gasteiger partial charge on any atom is -0.314 e. The first-order valence-corrected chi connectivity index (χ1v) is 6.96. The van der Waals surface area contributed by atoms with E-state index in [1.165, 1.54) is 0 Å². The third kappa shape index (κ3) is 3.96. The molecule has 0 spiro atoms. The third-order valence-electron chi connectivity index (χ3n) is 3.88. The van der Waals surface area contributed by atoms with E-state index in [1.54, 1.807) is 4.68 Å². The number of aromatic nitrogens is 3. The lowest BCUT2D eigenvalue weighted by Gasteiger charge is -2.33. The Bertz CT molecular complexity index is 395. The number of rotatable bonds is 5. The average Bonchev–Trinajstić information content (AvgIpc) is 2.74. The van der Waals surface area contributed by atoms with Gasteiger partial charge in [-0.15, -0.1) is 5.10 Å². The van der Waals surface area contributed by atoms with Gasteiger partial charge >= 0.3 is 0 Å². The molecule has 0 aromatic carbocycles. The predicted octanol–water partition coefficient (Wildman–Crippen LogP) is 2.16. The van der Waals surface area contributed by atoms with E-state index in [4.69, 9.17) is 0 Å². The number of hydrogen-bond acceptors (Lipinski definition) is 3. The van der Waals surface area contributed by atoms with Gasteiger partial charge in [0.05, 0.1) is 5.69 Å². The van der Waals surface area contributed by atoms with Crippen LogP contribution in [0.5, 0.6) is 0 Å². The summed E-state index contributed by atoms with van der Waals surface area (Å²) >= 11 is 0. The zero-order valence-electron chi connectivity index (χ0n) is 11.6. The minimum atomic E-state index is -2.46. The highest BCUT2D eigenvalue weighted by molar-refractivity contribution is 4.98. The Labute approximate surface area is 112 Å². The van der Waals surface area contributed by atoms with Crippen molar-refractivity contribution in [1.29, 1.82) is 0 Å². The van der Waals surface area contributed by atoms with Crippen LogP contribution in [0.1, 0.15) is 38.3 Å². The summed E-state index contributed by atoms with van der Waals surface area (Å²) < 4.78 is 28.1. The van der Waals surface area contributed by atoms with Crippen LogP contribution in [-0.2, 0) is 13.5 Å². The molecule has 0 radical (unpaired) electrons. The highest BCUT2D eigenvalue weighted by Gasteiger charge is 2.37. The smallest absolute Gasteiger partial charge is 0.248 e. The van der Waals surface area contributed by atoms with E-state index in [1.807, 2.05) is 20.2 Å². The van der Waals surface area contributed by atoms with E-state index < -0.39 is 5.92 Å². The standard InChI is InChI=1S/C13H22F2N4/c1-3-16-12(8-11-9-19(2)18-17-11)10-4-6-13(14,15)7-5-10/h9-10,12,16H,3-8H2,1-2H3. The molecule has 0 aliphatic heterocycles. The zero-order valence-corrected chi connectivity index (χ0v) is 11.6. The van der Waals surface area contributed by atoms with Crippen LogP contribution < -0.4 is 5.32 Å². The summed E-state index contributed by atoms with van der Waals surface area (Å²) in [5, 5.41) is 11.4. The van der Waals surface area contributed by atoms with Crippen LogP contribution in [0.15, 0.2) is 6.20 Å². The quantitative estimate of drug-likeness (QED) is 0.893. The molecule has 1 atom stereocenters. The van der Waals surface area contributed by atoms with Gasteiger partial charge in [0.2, 0.25) is 5.92 Å². The molecule has 1 aromatic rings. The van der Waals surface area contributed by atoms with Crippen LogP contribution in [0, 0.1) is 5.92 Å². The van der Waals surface area contributed by atoms with Crippen LogP contribution in [0.4, 0.5) is 8.78 Å². The Hall–Kier alpha value is -1.04. The largest absolute Gasteiger partial charge is 0.314 e. The van der Waals surface area contributed by atoms with E-state index in [-0.39, 0.29) is 18.9 Å². The fraction of sp³-hybridized carbons (Fsp3) is 0.846. The monoisotopic (exact) mass is 272 g/mol. The summed E-state index contributed by atoms with van der Waals surface area (Å²) in [6.45, 7) is 2.89. The molecule has 1 heterocycles. The fourth-order valence-electron chi connectivity index (χ4n) is 2.85. The van der Waals surface area contributed by atoms with Crippen molar-refractivity contribution in [3.05, 3.63) is 11.9 Å². The number of halogens is 2. The normalized spacial score (nSPS) is 21.5. The molecule has 6 heteroatoms. The van der Waals surface area contributed by atoms with Gasteiger partial charge in [-0.2, -0.15) is 0 Å². The molecule has 2 rings (SSSR count). The fourth-order valence-corrected chi connectivity index (χ4v) is 2.85. The first-order chi connectivity index (χ1) is 9.00. The molecule has 1 saturated carbocycles. The number of alkyl halides is 2. The first-order valence-electron chi connectivity index (χ1n) is 6.96. The van der Waals surface area contributed by atoms with Crippen LogP contribution in [0.3, 0.4) is 0 Å². The van der Waals surface area contributed by atoms with E-state index >= 15 is 0 Å². The topological polar surface area (TPSA) is 42.7 Å². The van der Waals surface area contributed by atoms with Gasteiger partial charge < -0.3 is 5.32 Å². The van der Waals surface area contributed by atoms with Gasteiger partial charge in [-0.05, 0) is 25.3 Å². The van der Waals surface area contributed by atoms with Crippen LogP contribution in [0.2, 0.25) is 0 Å². The molecule has 1 aliphatic carbocycles. The molecule has 1 N–H and O–H groups in total. The van der Waals surface area contributed by atoms with Gasteiger partial charge in [0.1, 0.15) is 0 Å². The Kier molecular flexibility index (Phi) is 4.50. The summed E-state index contributed by atoms with van der Waals surface area (Å²) in [7, 11) is 1.83. The van der Waals surface area contributed by atoms with Gasteiger partial charge in [-0.25, -0.2) is 8.78 Å². The Balaban J connectivity index is 1.96. The van der Waals surface area contributed by atoms with E-state index in [2.05, 4.69) is 15.6 Å². The van der Waals surface area contributed by atoms with Gasteiger partial charge in [-0.3, -0.25) is 4.68 Å². The average molecular weight is 272 g/mol. The van der Waals surface area contributed by atoms with Gasteiger partial charge in [0, 0.05) is 38.5 Å². The predicted molar refractivity (Wildman–Crippen MR) is 69.1 cm³/mol. The minimum absolute atomic E-state index is 0.0139. The maximum absolute atomic E-state index is 13.2. The molecule has 0 amide bonds. The number of nitrogens with zero attached hydrogens (tertiary/aromatic N) is 3. The molecule has 1 aliphatic rings. The van der Waals surface area contributed by atoms with Crippen LogP contribution in [0.25, 0.3) is 0 Å². The van der Waals surface area contributed by atoms with E-state index in [9.17, 15) is 8.78 Å². The van der Waals surface area contributed by atoms with Crippen molar-refractivity contribution in [2.45, 2.75) is 51.0 Å². The molecule has 1 unspecified atom stereocenters. The zero-order chi connectivity index (χ0) is 13.9. The molecule has 1 fully saturated rings. The van der Waals surface area contributed by atoms with Crippen molar-refractivity contribution in [3.63, 3.8) is 0 Å². The van der Waals surface area contributed by atoms with Crippen molar-refractivity contribution < 1.29 is 8.78 Å². The van der Waals surface area contributed by atoms with Crippen molar-refractivity contribution >= 4 is 0 Å². The van der Waals surface area contributed by atoms with Crippen molar-refractivity contribution in [2.75, 3.05) is 6.54 Å². The van der Waals surface area contributed by atoms with Crippen molar-refractivity contribution in [1.82, 2.24) is 20.3 Å². The second-order valence-corrected chi connectivity index (χ2v) is 5.45. The first kappa shape index (κ1) is 14.4.